The lowest BCUT2D eigenvalue weighted by molar-refractivity contribution is -0.142. The number of esters is 1. The first kappa shape index (κ1) is 24.3. The maximum atomic E-state index is 14.4. The molecule has 1 aromatic heterocycles. The van der Waals surface area contributed by atoms with Gasteiger partial charge < -0.3 is 14.8 Å². The Morgan fingerprint density at radius 3 is 2.58 bits per heavy atom. The van der Waals surface area contributed by atoms with Gasteiger partial charge in [0.2, 0.25) is 5.95 Å². The second-order valence-corrected chi connectivity index (χ2v) is 7.98. The first-order valence-electron chi connectivity index (χ1n) is 10.5. The Labute approximate surface area is 196 Å². The molecule has 0 amide bonds. The van der Waals surface area contributed by atoms with Crippen LogP contribution in [0.3, 0.4) is 0 Å². The third kappa shape index (κ3) is 6.55. The number of carbonyl (C=O) groups excluding carboxylic acids is 1. The van der Waals surface area contributed by atoms with Crippen LogP contribution in [-0.4, -0.2) is 28.2 Å². The summed E-state index contributed by atoms with van der Waals surface area (Å²) in [6, 6.07) is 11.4. The Morgan fingerprint density at radius 2 is 1.94 bits per heavy atom. The topological polar surface area (TPSA) is 82.4 Å². The third-order valence-electron chi connectivity index (χ3n) is 4.56. The summed E-state index contributed by atoms with van der Waals surface area (Å²) in [6.45, 7) is 5.69. The van der Waals surface area contributed by atoms with E-state index in [-0.39, 0.29) is 42.9 Å². The number of halogens is 2. The maximum absolute atomic E-state index is 14.4. The molecule has 0 fully saturated rings. The molecule has 3 rings (SSSR count). The Hall–Kier alpha value is -3.39. The fourth-order valence-corrected chi connectivity index (χ4v) is 3.22. The first-order chi connectivity index (χ1) is 15.8. The maximum Gasteiger partial charge on any atom is 0.310 e. The van der Waals surface area contributed by atoms with Crippen molar-refractivity contribution in [2.45, 2.75) is 39.8 Å². The summed E-state index contributed by atoms with van der Waals surface area (Å²) in [7, 11) is 0. The van der Waals surface area contributed by atoms with E-state index in [9.17, 15) is 14.0 Å². The van der Waals surface area contributed by atoms with Crippen LogP contribution in [0.2, 0.25) is 5.02 Å². The van der Waals surface area contributed by atoms with Gasteiger partial charge in [0.15, 0.2) is 11.6 Å². The average molecular weight is 474 g/mol. The molecule has 0 atom stereocenters. The fourth-order valence-electron chi connectivity index (χ4n) is 3.10. The van der Waals surface area contributed by atoms with E-state index < -0.39 is 17.3 Å². The predicted molar refractivity (Wildman–Crippen MR) is 125 cm³/mol. The van der Waals surface area contributed by atoms with Crippen LogP contribution in [0.4, 0.5) is 16.0 Å². The minimum absolute atomic E-state index is 0.131. The molecule has 2 aromatic carbocycles. The van der Waals surface area contributed by atoms with Gasteiger partial charge in [-0.15, -0.1) is 0 Å². The molecule has 3 aromatic rings. The lowest BCUT2D eigenvalue weighted by Gasteiger charge is -2.16. The summed E-state index contributed by atoms with van der Waals surface area (Å²) < 4.78 is 26.2. The average Bonchev–Trinajstić information content (AvgIpc) is 2.76. The largest absolute Gasteiger partial charge is 0.488 e. The van der Waals surface area contributed by atoms with Gasteiger partial charge in [0, 0.05) is 28.5 Å². The zero-order valence-corrected chi connectivity index (χ0v) is 19.4. The third-order valence-corrected chi connectivity index (χ3v) is 4.81. The zero-order valence-electron chi connectivity index (χ0n) is 18.6. The van der Waals surface area contributed by atoms with E-state index in [0.29, 0.717) is 10.7 Å². The molecule has 0 aliphatic heterocycles. The van der Waals surface area contributed by atoms with Gasteiger partial charge in [0.05, 0.1) is 25.7 Å². The van der Waals surface area contributed by atoms with Crippen molar-refractivity contribution in [2.75, 3.05) is 11.9 Å². The van der Waals surface area contributed by atoms with E-state index in [2.05, 4.69) is 10.3 Å². The van der Waals surface area contributed by atoms with Crippen molar-refractivity contribution in [2.24, 2.45) is 0 Å². The van der Waals surface area contributed by atoms with Gasteiger partial charge >= 0.3 is 5.97 Å². The molecule has 0 saturated carbocycles. The van der Waals surface area contributed by atoms with E-state index in [1.165, 1.54) is 22.9 Å². The number of hydrogen-bond acceptors (Lipinski definition) is 6. The Morgan fingerprint density at radius 1 is 1.21 bits per heavy atom. The summed E-state index contributed by atoms with van der Waals surface area (Å²) in [5.74, 6) is -0.733. The Balaban J connectivity index is 1.96. The number of rotatable bonds is 9. The van der Waals surface area contributed by atoms with Crippen LogP contribution in [0.25, 0.3) is 0 Å². The van der Waals surface area contributed by atoms with E-state index in [1.807, 2.05) is 13.8 Å². The molecular formula is C24H25ClFN3O4. The zero-order chi connectivity index (χ0) is 24.0. The van der Waals surface area contributed by atoms with E-state index in [1.54, 1.807) is 37.3 Å². The van der Waals surface area contributed by atoms with Gasteiger partial charge in [-0.3, -0.25) is 14.2 Å². The lowest BCUT2D eigenvalue weighted by Crippen LogP contribution is -2.29. The van der Waals surface area contributed by atoms with E-state index in [4.69, 9.17) is 21.1 Å². The Kier molecular flexibility index (Phi) is 8.06. The number of carbonyl (C=O) groups is 1. The highest BCUT2D eigenvalue weighted by Crippen LogP contribution is 2.24. The van der Waals surface area contributed by atoms with Crippen molar-refractivity contribution in [1.29, 1.82) is 0 Å². The molecule has 0 aliphatic rings. The van der Waals surface area contributed by atoms with Crippen molar-refractivity contribution < 1.29 is 18.7 Å². The van der Waals surface area contributed by atoms with Crippen LogP contribution in [0, 0.1) is 5.82 Å². The smallest absolute Gasteiger partial charge is 0.310 e. The number of hydrogen-bond donors (Lipinski definition) is 1. The second-order valence-electron chi connectivity index (χ2n) is 7.54. The minimum atomic E-state index is -0.542. The van der Waals surface area contributed by atoms with Crippen LogP contribution < -0.4 is 15.6 Å². The van der Waals surface area contributed by atoms with Gasteiger partial charge in [-0.05, 0) is 50.6 Å². The molecule has 174 valence electrons. The van der Waals surface area contributed by atoms with Crippen molar-refractivity contribution in [1.82, 2.24) is 9.55 Å². The fraction of sp³-hybridized carbons (Fsp3) is 0.292. The summed E-state index contributed by atoms with van der Waals surface area (Å²) in [5, 5.41) is 3.55. The van der Waals surface area contributed by atoms with Crippen molar-refractivity contribution in [3.05, 3.63) is 81.0 Å². The van der Waals surface area contributed by atoms with Crippen LogP contribution in [0.1, 0.15) is 31.9 Å². The molecule has 0 unspecified atom stereocenters. The quantitative estimate of drug-likeness (QED) is 0.453. The second kappa shape index (κ2) is 11.0. The van der Waals surface area contributed by atoms with Crippen molar-refractivity contribution in [3.63, 3.8) is 0 Å². The highest BCUT2D eigenvalue weighted by Gasteiger charge is 2.16. The molecule has 0 aliphatic carbocycles. The Bertz CT molecular complexity index is 1180. The van der Waals surface area contributed by atoms with Gasteiger partial charge in [-0.25, -0.2) is 9.37 Å². The van der Waals surface area contributed by atoms with Crippen LogP contribution in [0.15, 0.2) is 53.5 Å². The normalized spacial score (nSPS) is 10.8. The molecule has 7 nitrogen and oxygen atoms in total. The summed E-state index contributed by atoms with van der Waals surface area (Å²) in [4.78, 5) is 29.4. The molecule has 0 saturated heterocycles. The molecule has 0 spiro atoms. The molecular weight excluding hydrogens is 449 g/mol. The monoisotopic (exact) mass is 473 g/mol. The molecule has 1 N–H and O–H groups in total. The molecule has 9 heteroatoms. The molecule has 33 heavy (non-hydrogen) atoms. The number of aromatic nitrogens is 2. The number of anilines is 2. The van der Waals surface area contributed by atoms with Crippen molar-refractivity contribution >= 4 is 29.2 Å². The van der Waals surface area contributed by atoms with Gasteiger partial charge in [-0.1, -0.05) is 23.7 Å². The van der Waals surface area contributed by atoms with E-state index in [0.717, 1.165) is 5.56 Å². The molecule has 0 radical (unpaired) electrons. The minimum Gasteiger partial charge on any atom is -0.488 e. The predicted octanol–water partition coefficient (Wildman–Crippen LogP) is 4.72. The molecule has 0 bridgehead atoms. The van der Waals surface area contributed by atoms with Gasteiger partial charge in [0.1, 0.15) is 0 Å². The van der Waals surface area contributed by atoms with Crippen LogP contribution in [0.5, 0.6) is 5.75 Å². The summed E-state index contributed by atoms with van der Waals surface area (Å²) in [6.07, 6.45) is 0.958. The van der Waals surface area contributed by atoms with Gasteiger partial charge in [0.25, 0.3) is 5.56 Å². The SMILES string of the molecule is CCOC(=O)Cc1cnc(Nc2ccc(OC(C)C)c(F)c2)n(Cc2ccc(Cl)cc2)c1=O. The lowest BCUT2D eigenvalue weighted by atomic mass is 10.2. The van der Waals surface area contributed by atoms with Gasteiger partial charge in [-0.2, -0.15) is 0 Å². The van der Waals surface area contributed by atoms with E-state index >= 15 is 0 Å². The first-order valence-corrected chi connectivity index (χ1v) is 10.9. The number of benzene rings is 2. The summed E-state index contributed by atoms with van der Waals surface area (Å²) >= 11 is 5.97. The number of nitrogens with zero attached hydrogens (tertiary/aromatic N) is 2. The van der Waals surface area contributed by atoms with Crippen LogP contribution in [-0.2, 0) is 22.5 Å². The number of nitrogens with one attached hydrogen (secondary N) is 1. The van der Waals surface area contributed by atoms with Crippen LogP contribution >= 0.6 is 11.6 Å². The standard InChI is InChI=1S/C24H25ClFN3O4/c1-4-32-22(30)11-17-13-27-24(28-19-9-10-21(20(26)12-19)33-15(2)3)29(23(17)31)14-16-5-7-18(25)8-6-16/h5-10,12-13,15H,4,11,14H2,1-3H3,(H,27,28). The number of ether oxygens (including phenoxy) is 2. The highest BCUT2D eigenvalue weighted by molar-refractivity contribution is 6.30. The molecule has 1 heterocycles. The summed E-state index contributed by atoms with van der Waals surface area (Å²) in [5.41, 5.74) is 0.973. The highest BCUT2D eigenvalue weighted by atomic mass is 35.5. The van der Waals surface area contributed by atoms with Crippen molar-refractivity contribution in [3.8, 4) is 5.75 Å².